The first-order valence-corrected chi connectivity index (χ1v) is 9.71. The van der Waals surface area contributed by atoms with E-state index >= 15 is 0 Å². The lowest BCUT2D eigenvalue weighted by Crippen LogP contribution is -2.32. The number of guanidine groups is 2. The van der Waals surface area contributed by atoms with Gasteiger partial charge in [0, 0.05) is 11.3 Å². The Morgan fingerprint density at radius 3 is 1.88 bits per heavy atom. The van der Waals surface area contributed by atoms with E-state index in [9.17, 15) is 9.59 Å². The second-order valence-electron chi connectivity index (χ2n) is 6.81. The summed E-state index contributed by atoms with van der Waals surface area (Å²) >= 11 is 0. The van der Waals surface area contributed by atoms with E-state index in [0.717, 1.165) is 11.1 Å². The fourth-order valence-electron chi connectivity index (χ4n) is 2.53. The molecule has 33 heavy (non-hydrogen) atoms. The number of amides is 2. The summed E-state index contributed by atoms with van der Waals surface area (Å²) in [5, 5.41) is 20.3. The van der Waals surface area contributed by atoms with Crippen molar-refractivity contribution in [3.63, 3.8) is 0 Å². The number of carbonyl (C=O) groups is 2. The summed E-state index contributed by atoms with van der Waals surface area (Å²) in [5.74, 6) is -1.09. The molecule has 0 aliphatic rings. The summed E-state index contributed by atoms with van der Waals surface area (Å²) in [6.45, 7) is 3.25. The summed E-state index contributed by atoms with van der Waals surface area (Å²) < 4.78 is 0. The predicted octanol–water partition coefficient (Wildman–Crippen LogP) is 0.0499. The highest BCUT2D eigenvalue weighted by atomic mass is 16.2. The highest BCUT2D eigenvalue weighted by Crippen LogP contribution is 2.12. The van der Waals surface area contributed by atoms with Gasteiger partial charge < -0.3 is 33.6 Å². The van der Waals surface area contributed by atoms with Gasteiger partial charge in [0.05, 0.1) is 18.0 Å². The molecule has 2 aromatic carbocycles. The molecule has 0 spiro atoms. The van der Waals surface area contributed by atoms with Crippen LogP contribution >= 0.6 is 0 Å². The van der Waals surface area contributed by atoms with Crippen LogP contribution in [-0.2, 0) is 4.79 Å². The van der Waals surface area contributed by atoms with E-state index in [1.807, 2.05) is 0 Å². The maximum Gasteiger partial charge on any atom is 0.251 e. The molecule has 0 heterocycles. The monoisotopic (exact) mass is 450 g/mol. The lowest BCUT2D eigenvalue weighted by Gasteiger charge is -2.09. The van der Waals surface area contributed by atoms with Crippen molar-refractivity contribution in [3.8, 4) is 0 Å². The molecule has 12 nitrogen and oxygen atoms in total. The number of benzene rings is 2. The average Bonchev–Trinajstić information content (AvgIpc) is 2.79. The van der Waals surface area contributed by atoms with Gasteiger partial charge in [-0.1, -0.05) is 24.3 Å². The maximum atomic E-state index is 12.3. The molecule has 0 saturated carbocycles. The van der Waals surface area contributed by atoms with Crippen molar-refractivity contribution in [3.05, 3.63) is 65.2 Å². The molecule has 0 fully saturated rings. The standard InChI is InChI=1S/C21H26N10O2/c1-12(28-30-20(22)23)14-6-8-15(9-7-14)19(33)26-11-18(32)27-17-5-3-4-16(10-17)13(2)29-31-21(24)25/h3-10H,11H2,1-2H3,(H,26,33)(H,27,32)(H4,22,23,30)(H4,24,25,31)/b28-12+,29-13+. The Bertz CT molecular complexity index is 1130. The van der Waals surface area contributed by atoms with Gasteiger partial charge in [0.25, 0.3) is 5.91 Å². The summed E-state index contributed by atoms with van der Waals surface area (Å²) in [7, 11) is 0. The molecule has 0 bridgehead atoms. The molecule has 0 unspecified atom stereocenters. The summed E-state index contributed by atoms with van der Waals surface area (Å²) in [6.07, 6.45) is 0. The van der Waals surface area contributed by atoms with Gasteiger partial charge in [0.1, 0.15) is 0 Å². The maximum absolute atomic E-state index is 12.3. The Balaban J connectivity index is 1.95. The first-order chi connectivity index (χ1) is 15.7. The minimum atomic E-state index is -0.399. The second kappa shape index (κ2) is 11.6. The normalized spacial score (nSPS) is 11.3. The van der Waals surface area contributed by atoms with Gasteiger partial charge in [0.15, 0.2) is 0 Å². The third-order valence-corrected chi connectivity index (χ3v) is 4.17. The SMILES string of the molecule is C/C(=N\N=C(N)N)c1ccc(C(=O)NCC(=O)Nc2cccc(/C(C)=N/N=C(N)N)c2)cc1. The first kappa shape index (κ1) is 24.5. The Hall–Kier alpha value is -4.74. The number of nitrogens with one attached hydrogen (secondary N) is 2. The zero-order valence-electron chi connectivity index (χ0n) is 18.2. The van der Waals surface area contributed by atoms with Gasteiger partial charge in [-0.25, -0.2) is 0 Å². The van der Waals surface area contributed by atoms with Crippen LogP contribution in [0.3, 0.4) is 0 Å². The van der Waals surface area contributed by atoms with Crippen molar-refractivity contribution in [2.24, 2.45) is 43.3 Å². The van der Waals surface area contributed by atoms with Gasteiger partial charge in [-0.05, 0) is 49.2 Å². The molecule has 12 heteroatoms. The van der Waals surface area contributed by atoms with E-state index < -0.39 is 11.8 Å². The number of carbonyl (C=O) groups excluding carboxylic acids is 2. The number of anilines is 1. The Morgan fingerprint density at radius 1 is 0.758 bits per heavy atom. The molecule has 0 saturated heterocycles. The van der Waals surface area contributed by atoms with Gasteiger partial charge >= 0.3 is 0 Å². The predicted molar refractivity (Wildman–Crippen MR) is 130 cm³/mol. The van der Waals surface area contributed by atoms with Crippen LogP contribution in [0.1, 0.15) is 35.3 Å². The lowest BCUT2D eigenvalue weighted by atomic mass is 10.1. The topological polar surface area (TPSA) is 212 Å². The number of nitrogens with two attached hydrogens (primary N) is 4. The van der Waals surface area contributed by atoms with E-state index in [2.05, 4.69) is 31.0 Å². The van der Waals surface area contributed by atoms with Gasteiger partial charge in [-0.15, -0.1) is 10.2 Å². The van der Waals surface area contributed by atoms with Crippen LogP contribution in [0.4, 0.5) is 5.69 Å². The number of hydrogen-bond donors (Lipinski definition) is 6. The molecule has 10 N–H and O–H groups in total. The minimum Gasteiger partial charge on any atom is -0.369 e. The van der Waals surface area contributed by atoms with Crippen molar-refractivity contribution in [2.45, 2.75) is 13.8 Å². The van der Waals surface area contributed by atoms with Gasteiger partial charge in [-0.2, -0.15) is 10.2 Å². The molecule has 2 aromatic rings. The Kier molecular flexibility index (Phi) is 8.62. The molecule has 0 radical (unpaired) electrons. The van der Waals surface area contributed by atoms with Crippen molar-refractivity contribution in [2.75, 3.05) is 11.9 Å². The molecule has 172 valence electrons. The summed E-state index contributed by atoms with van der Waals surface area (Å²) in [4.78, 5) is 24.6. The third-order valence-electron chi connectivity index (χ3n) is 4.17. The number of rotatable bonds is 8. The zero-order valence-corrected chi connectivity index (χ0v) is 18.2. The fourth-order valence-corrected chi connectivity index (χ4v) is 2.53. The first-order valence-electron chi connectivity index (χ1n) is 9.71. The van der Waals surface area contributed by atoms with Crippen LogP contribution in [0.15, 0.2) is 68.9 Å². The quantitative estimate of drug-likeness (QED) is 0.185. The largest absolute Gasteiger partial charge is 0.369 e. The van der Waals surface area contributed by atoms with Crippen LogP contribution in [0.5, 0.6) is 0 Å². The van der Waals surface area contributed by atoms with E-state index in [1.165, 1.54) is 0 Å². The molecule has 0 aliphatic carbocycles. The lowest BCUT2D eigenvalue weighted by molar-refractivity contribution is -0.115. The molecular formula is C21H26N10O2. The van der Waals surface area contributed by atoms with Crippen molar-refractivity contribution in [1.82, 2.24) is 5.32 Å². The summed E-state index contributed by atoms with van der Waals surface area (Å²) in [6, 6.07) is 13.6. The van der Waals surface area contributed by atoms with Crippen molar-refractivity contribution in [1.29, 1.82) is 0 Å². The van der Waals surface area contributed by atoms with Gasteiger partial charge in [-0.3, -0.25) is 9.59 Å². The smallest absolute Gasteiger partial charge is 0.251 e. The van der Waals surface area contributed by atoms with Crippen molar-refractivity contribution >= 4 is 40.8 Å². The Labute approximate surface area is 190 Å². The van der Waals surface area contributed by atoms with Crippen LogP contribution in [0.2, 0.25) is 0 Å². The van der Waals surface area contributed by atoms with E-state index in [4.69, 9.17) is 22.9 Å². The van der Waals surface area contributed by atoms with E-state index in [-0.39, 0.29) is 18.5 Å². The van der Waals surface area contributed by atoms with Crippen LogP contribution in [0, 0.1) is 0 Å². The second-order valence-corrected chi connectivity index (χ2v) is 6.81. The zero-order chi connectivity index (χ0) is 24.4. The molecule has 0 atom stereocenters. The third kappa shape index (κ3) is 8.13. The molecule has 0 aromatic heterocycles. The van der Waals surface area contributed by atoms with Crippen LogP contribution in [-0.4, -0.2) is 41.7 Å². The molecular weight excluding hydrogens is 424 g/mol. The minimum absolute atomic E-state index is 0.149. The van der Waals surface area contributed by atoms with Gasteiger partial charge in [0.2, 0.25) is 17.8 Å². The molecule has 2 amide bonds. The average molecular weight is 451 g/mol. The van der Waals surface area contributed by atoms with Crippen LogP contribution in [0.25, 0.3) is 0 Å². The Morgan fingerprint density at radius 2 is 1.30 bits per heavy atom. The fraction of sp³-hybridized carbons (Fsp3) is 0.143. The number of hydrogen-bond acceptors (Lipinski definition) is 6. The van der Waals surface area contributed by atoms with Crippen molar-refractivity contribution < 1.29 is 9.59 Å². The highest BCUT2D eigenvalue weighted by molar-refractivity contribution is 6.03. The highest BCUT2D eigenvalue weighted by Gasteiger charge is 2.10. The number of nitrogens with zero attached hydrogens (tertiary/aromatic N) is 4. The summed E-state index contributed by atoms with van der Waals surface area (Å²) in [5.41, 5.74) is 24.6. The van der Waals surface area contributed by atoms with E-state index in [1.54, 1.807) is 62.4 Å². The van der Waals surface area contributed by atoms with E-state index in [0.29, 0.717) is 22.7 Å². The molecule has 2 rings (SSSR count). The molecule has 0 aliphatic heterocycles. The van der Waals surface area contributed by atoms with Crippen LogP contribution < -0.4 is 33.6 Å².